The second-order valence-electron chi connectivity index (χ2n) is 6.81. The highest BCUT2D eigenvalue weighted by Gasteiger charge is 2.36. The minimum Gasteiger partial charge on any atom is -0.497 e. The number of carbonyl (C=O) groups excluding carboxylic acids is 1. The molecule has 2 aromatic rings. The van der Waals surface area contributed by atoms with Crippen molar-refractivity contribution in [2.45, 2.75) is 37.8 Å². The highest BCUT2D eigenvalue weighted by atomic mass is 16.5. The Morgan fingerprint density at radius 2 is 2.16 bits per heavy atom. The van der Waals surface area contributed by atoms with Crippen LogP contribution in [0.3, 0.4) is 0 Å². The van der Waals surface area contributed by atoms with Crippen LogP contribution < -0.4 is 10.5 Å². The summed E-state index contributed by atoms with van der Waals surface area (Å²) >= 11 is 0. The number of rotatable bonds is 3. The van der Waals surface area contributed by atoms with Gasteiger partial charge < -0.3 is 19.9 Å². The lowest BCUT2D eigenvalue weighted by atomic mass is 9.95. The van der Waals surface area contributed by atoms with Crippen molar-refractivity contribution in [1.29, 1.82) is 0 Å². The Morgan fingerprint density at radius 1 is 1.28 bits per heavy atom. The first kappa shape index (κ1) is 16.1. The largest absolute Gasteiger partial charge is 0.497 e. The number of amides is 1. The molecule has 25 heavy (non-hydrogen) atoms. The third-order valence-electron chi connectivity index (χ3n) is 5.23. The zero-order valence-electron chi connectivity index (χ0n) is 14.4. The lowest BCUT2D eigenvalue weighted by molar-refractivity contribution is 0.0770. The van der Waals surface area contributed by atoms with Crippen LogP contribution in [0.4, 0.5) is 0 Å². The lowest BCUT2D eigenvalue weighted by Crippen LogP contribution is -2.34. The summed E-state index contributed by atoms with van der Waals surface area (Å²) in [6, 6.07) is 7.81. The molecule has 0 spiro atoms. The fourth-order valence-corrected chi connectivity index (χ4v) is 3.83. The van der Waals surface area contributed by atoms with Crippen molar-refractivity contribution in [2.24, 2.45) is 5.73 Å². The Hall–Kier alpha value is -2.41. The molecule has 0 unspecified atom stereocenters. The van der Waals surface area contributed by atoms with Gasteiger partial charge in [-0.2, -0.15) is 0 Å². The van der Waals surface area contributed by atoms with E-state index in [-0.39, 0.29) is 17.9 Å². The summed E-state index contributed by atoms with van der Waals surface area (Å²) in [5.41, 5.74) is 7.45. The molecule has 1 aromatic carbocycles. The van der Waals surface area contributed by atoms with E-state index in [0.29, 0.717) is 18.9 Å². The molecule has 2 aliphatic heterocycles. The van der Waals surface area contributed by atoms with Gasteiger partial charge in [0.15, 0.2) is 0 Å². The van der Waals surface area contributed by atoms with Gasteiger partial charge in [-0.3, -0.25) is 4.79 Å². The van der Waals surface area contributed by atoms with Crippen LogP contribution in [0.2, 0.25) is 0 Å². The smallest absolute Gasteiger partial charge is 0.291 e. The van der Waals surface area contributed by atoms with Crippen molar-refractivity contribution in [1.82, 2.24) is 19.7 Å². The zero-order valence-corrected chi connectivity index (χ0v) is 14.4. The van der Waals surface area contributed by atoms with Crippen LogP contribution >= 0.6 is 0 Å². The monoisotopic (exact) mass is 341 g/mol. The molecule has 1 aromatic heterocycles. The average Bonchev–Trinajstić information content (AvgIpc) is 3.25. The maximum absolute atomic E-state index is 12.9. The number of nitrogens with zero attached hydrogens (tertiary/aromatic N) is 4. The molecule has 2 N–H and O–H groups in total. The number of likely N-dealkylation sites (tertiary alicyclic amines) is 1. The maximum Gasteiger partial charge on any atom is 0.291 e. The molecule has 1 fully saturated rings. The fourth-order valence-electron chi connectivity index (χ4n) is 3.83. The fraction of sp³-hybridized carbons (Fsp3) is 0.500. The predicted molar refractivity (Wildman–Crippen MR) is 92.6 cm³/mol. The average molecular weight is 341 g/mol. The molecular formula is C18H23N5O2. The van der Waals surface area contributed by atoms with Gasteiger partial charge in [-0.15, -0.1) is 10.2 Å². The summed E-state index contributed by atoms with van der Waals surface area (Å²) < 4.78 is 7.27. The summed E-state index contributed by atoms with van der Waals surface area (Å²) in [6.45, 7) is 1.95. The molecule has 7 heteroatoms. The van der Waals surface area contributed by atoms with Crippen molar-refractivity contribution < 1.29 is 9.53 Å². The van der Waals surface area contributed by atoms with E-state index in [0.717, 1.165) is 42.9 Å². The third kappa shape index (κ3) is 2.89. The highest BCUT2D eigenvalue weighted by Crippen LogP contribution is 2.29. The number of aryl methyl sites for hydroxylation is 1. The van der Waals surface area contributed by atoms with Gasteiger partial charge in [0.1, 0.15) is 11.6 Å². The van der Waals surface area contributed by atoms with E-state index in [1.807, 2.05) is 28.8 Å². The van der Waals surface area contributed by atoms with E-state index in [9.17, 15) is 4.79 Å². The van der Waals surface area contributed by atoms with Crippen molar-refractivity contribution in [2.75, 3.05) is 20.2 Å². The SMILES string of the molecule is COc1cccc([C@@H]2CN(C(=O)c3nnc4n3CCCC4)C[C@H]2N)c1. The van der Waals surface area contributed by atoms with Crippen LogP contribution in [0.25, 0.3) is 0 Å². The van der Waals surface area contributed by atoms with Crippen molar-refractivity contribution in [3.8, 4) is 5.75 Å². The van der Waals surface area contributed by atoms with Gasteiger partial charge in [-0.1, -0.05) is 12.1 Å². The van der Waals surface area contributed by atoms with Gasteiger partial charge >= 0.3 is 0 Å². The Balaban J connectivity index is 1.54. The Kier molecular flexibility index (Phi) is 4.17. The van der Waals surface area contributed by atoms with Crippen molar-refractivity contribution in [3.63, 3.8) is 0 Å². The van der Waals surface area contributed by atoms with Crippen molar-refractivity contribution >= 4 is 5.91 Å². The van der Waals surface area contributed by atoms with Crippen LogP contribution in [0.1, 0.15) is 40.8 Å². The van der Waals surface area contributed by atoms with Gasteiger partial charge in [-0.05, 0) is 30.5 Å². The van der Waals surface area contributed by atoms with Gasteiger partial charge in [0.2, 0.25) is 5.82 Å². The second kappa shape index (κ2) is 6.48. The number of nitrogens with two attached hydrogens (primary N) is 1. The summed E-state index contributed by atoms with van der Waals surface area (Å²) in [6.07, 6.45) is 3.07. The molecule has 0 radical (unpaired) electrons. The quantitative estimate of drug-likeness (QED) is 0.906. The van der Waals surface area contributed by atoms with E-state index in [1.54, 1.807) is 12.0 Å². The van der Waals surface area contributed by atoms with Crippen LogP contribution in [0.5, 0.6) is 5.75 Å². The van der Waals surface area contributed by atoms with Crippen molar-refractivity contribution in [3.05, 3.63) is 41.5 Å². The number of aromatic nitrogens is 3. The number of methoxy groups -OCH3 is 1. The minimum atomic E-state index is -0.0974. The third-order valence-corrected chi connectivity index (χ3v) is 5.23. The summed E-state index contributed by atoms with van der Waals surface area (Å²) in [4.78, 5) is 14.8. The molecular weight excluding hydrogens is 318 g/mol. The summed E-state index contributed by atoms with van der Waals surface area (Å²) in [5.74, 6) is 2.21. The molecule has 132 valence electrons. The van der Waals surface area contributed by atoms with Crippen LogP contribution in [0.15, 0.2) is 24.3 Å². The van der Waals surface area contributed by atoms with Crippen LogP contribution in [-0.4, -0.2) is 51.8 Å². The molecule has 0 bridgehead atoms. The molecule has 1 amide bonds. The van der Waals surface area contributed by atoms with Gasteiger partial charge in [-0.25, -0.2) is 0 Å². The second-order valence-corrected chi connectivity index (χ2v) is 6.81. The Bertz CT molecular complexity index is 788. The topological polar surface area (TPSA) is 86.3 Å². The molecule has 0 aliphatic carbocycles. The standard InChI is InChI=1S/C18H23N5O2/c1-25-13-6-4-5-12(9-13)14-10-22(11-15(14)19)18(24)17-21-20-16-7-2-3-8-23(16)17/h4-6,9,14-15H,2-3,7-8,10-11,19H2,1H3/t14-,15+/m0/s1. The first-order valence-corrected chi connectivity index (χ1v) is 8.78. The Labute approximate surface area is 146 Å². The van der Waals surface area contributed by atoms with E-state index >= 15 is 0 Å². The summed E-state index contributed by atoms with van der Waals surface area (Å²) in [5, 5.41) is 8.34. The van der Waals surface area contributed by atoms with Gasteiger partial charge in [0.25, 0.3) is 5.91 Å². The normalized spacial score (nSPS) is 22.7. The highest BCUT2D eigenvalue weighted by molar-refractivity contribution is 5.91. The van der Waals surface area contributed by atoms with Gasteiger partial charge in [0.05, 0.1) is 7.11 Å². The Morgan fingerprint density at radius 3 is 3.00 bits per heavy atom. The minimum absolute atomic E-state index is 0.0681. The van der Waals surface area contributed by atoms with E-state index in [4.69, 9.17) is 10.5 Å². The number of fused-ring (bicyclic) bond motifs is 1. The van der Waals surface area contributed by atoms with E-state index in [1.165, 1.54) is 0 Å². The first-order valence-electron chi connectivity index (χ1n) is 8.78. The molecule has 1 saturated heterocycles. The molecule has 3 heterocycles. The molecule has 0 saturated carbocycles. The number of carbonyl (C=O) groups is 1. The molecule has 7 nitrogen and oxygen atoms in total. The molecule has 2 atom stereocenters. The van der Waals surface area contributed by atoms with Crippen LogP contribution in [-0.2, 0) is 13.0 Å². The van der Waals surface area contributed by atoms with E-state index in [2.05, 4.69) is 10.2 Å². The number of benzene rings is 1. The number of hydrogen-bond donors (Lipinski definition) is 1. The zero-order chi connectivity index (χ0) is 17.4. The van der Waals surface area contributed by atoms with Gasteiger partial charge in [0, 0.05) is 38.0 Å². The predicted octanol–water partition coefficient (Wildman–Crippen LogP) is 1.19. The first-order chi connectivity index (χ1) is 12.2. The number of hydrogen-bond acceptors (Lipinski definition) is 5. The summed E-state index contributed by atoms with van der Waals surface area (Å²) in [7, 11) is 1.65. The van der Waals surface area contributed by atoms with Crippen LogP contribution in [0, 0.1) is 0 Å². The maximum atomic E-state index is 12.9. The lowest BCUT2D eigenvalue weighted by Gasteiger charge is -2.19. The molecule has 4 rings (SSSR count). The molecule has 2 aliphatic rings. The number of ether oxygens (including phenoxy) is 1. The van der Waals surface area contributed by atoms with E-state index < -0.39 is 0 Å².